The van der Waals surface area contributed by atoms with E-state index in [9.17, 15) is 4.79 Å². The van der Waals surface area contributed by atoms with Crippen LogP contribution >= 0.6 is 12.4 Å². The topological polar surface area (TPSA) is 29.5 Å². The number of carbonyl (C=O) groups excluding carboxylic acids is 1. The molecule has 1 atom stereocenters. The van der Waals surface area contributed by atoms with Crippen molar-refractivity contribution in [1.82, 2.24) is 4.90 Å². The van der Waals surface area contributed by atoms with Crippen molar-refractivity contribution in [3.8, 4) is 5.75 Å². The summed E-state index contributed by atoms with van der Waals surface area (Å²) in [7, 11) is 2.14. The Hall–Kier alpha value is -1.06. The van der Waals surface area contributed by atoms with Crippen molar-refractivity contribution in [2.75, 3.05) is 20.1 Å². The highest BCUT2D eigenvalue weighted by atomic mass is 35.5. The molecule has 100 valence electrons. The molecular formula is C14H20ClNO2. The van der Waals surface area contributed by atoms with Gasteiger partial charge in [-0.1, -0.05) is 19.1 Å². The summed E-state index contributed by atoms with van der Waals surface area (Å²) in [6, 6.07) is 7.89. The fourth-order valence-corrected chi connectivity index (χ4v) is 2.53. The van der Waals surface area contributed by atoms with E-state index in [1.807, 2.05) is 18.2 Å². The maximum atomic E-state index is 10.9. The number of benzene rings is 1. The Morgan fingerprint density at radius 1 is 1.44 bits per heavy atom. The normalized spacial score (nSPS) is 23.5. The molecule has 1 saturated heterocycles. The molecule has 2 rings (SSSR count). The summed E-state index contributed by atoms with van der Waals surface area (Å²) < 4.78 is 5.13. The second kappa shape index (κ2) is 5.72. The van der Waals surface area contributed by atoms with Crippen LogP contribution in [0.25, 0.3) is 0 Å². The first-order valence-corrected chi connectivity index (χ1v) is 5.97. The van der Waals surface area contributed by atoms with E-state index in [0.29, 0.717) is 5.75 Å². The average molecular weight is 270 g/mol. The fraction of sp³-hybridized carbons (Fsp3) is 0.500. The predicted octanol–water partition coefficient (Wildman–Crippen LogP) is 2.63. The molecule has 1 aromatic rings. The van der Waals surface area contributed by atoms with E-state index in [0.717, 1.165) is 19.5 Å². The van der Waals surface area contributed by atoms with E-state index in [1.165, 1.54) is 12.5 Å². The number of likely N-dealkylation sites (N-methyl/N-ethyl adjacent to an activating group) is 1. The lowest BCUT2D eigenvalue weighted by molar-refractivity contribution is -0.131. The van der Waals surface area contributed by atoms with Crippen LogP contribution in [-0.2, 0) is 10.2 Å². The zero-order chi connectivity index (χ0) is 12.5. The van der Waals surface area contributed by atoms with Gasteiger partial charge in [0.2, 0.25) is 0 Å². The van der Waals surface area contributed by atoms with E-state index in [2.05, 4.69) is 24.9 Å². The van der Waals surface area contributed by atoms with Crippen LogP contribution in [0.5, 0.6) is 5.75 Å². The first-order chi connectivity index (χ1) is 7.99. The molecule has 1 heterocycles. The molecule has 1 aliphatic rings. The monoisotopic (exact) mass is 269 g/mol. The highest BCUT2D eigenvalue weighted by Gasteiger charge is 2.33. The highest BCUT2D eigenvalue weighted by Crippen LogP contribution is 2.34. The Morgan fingerprint density at radius 3 is 2.72 bits per heavy atom. The van der Waals surface area contributed by atoms with E-state index in [1.54, 1.807) is 0 Å². The van der Waals surface area contributed by atoms with Gasteiger partial charge >= 0.3 is 5.97 Å². The minimum Gasteiger partial charge on any atom is -0.427 e. The van der Waals surface area contributed by atoms with Gasteiger partial charge in [-0.3, -0.25) is 4.79 Å². The molecule has 0 saturated carbocycles. The van der Waals surface area contributed by atoms with E-state index < -0.39 is 0 Å². The molecule has 0 amide bonds. The zero-order valence-corrected chi connectivity index (χ0v) is 11.9. The van der Waals surface area contributed by atoms with Crippen LogP contribution in [0.3, 0.4) is 0 Å². The van der Waals surface area contributed by atoms with E-state index in [-0.39, 0.29) is 23.8 Å². The number of rotatable bonds is 2. The number of halogens is 1. The van der Waals surface area contributed by atoms with Gasteiger partial charge in [0.1, 0.15) is 5.75 Å². The van der Waals surface area contributed by atoms with Gasteiger partial charge in [-0.2, -0.15) is 0 Å². The molecule has 0 bridgehead atoms. The summed E-state index contributed by atoms with van der Waals surface area (Å²) in [4.78, 5) is 13.3. The lowest BCUT2D eigenvalue weighted by atomic mass is 9.82. The Morgan fingerprint density at radius 2 is 2.17 bits per heavy atom. The first kappa shape index (κ1) is 15.0. The SMILES string of the molecule is CC(=O)Oc1cccc(C2(C)CCN(C)C2)c1.Cl. The molecule has 0 spiro atoms. The third kappa shape index (κ3) is 3.24. The van der Waals surface area contributed by atoms with Crippen molar-refractivity contribution < 1.29 is 9.53 Å². The van der Waals surface area contributed by atoms with Gasteiger partial charge in [-0.15, -0.1) is 12.4 Å². The highest BCUT2D eigenvalue weighted by molar-refractivity contribution is 5.85. The molecule has 18 heavy (non-hydrogen) atoms. The molecule has 1 unspecified atom stereocenters. The minimum atomic E-state index is -0.268. The van der Waals surface area contributed by atoms with Crippen LogP contribution in [0.15, 0.2) is 24.3 Å². The molecule has 3 nitrogen and oxygen atoms in total. The van der Waals surface area contributed by atoms with Crippen LogP contribution in [0.2, 0.25) is 0 Å². The summed E-state index contributed by atoms with van der Waals surface area (Å²) in [5, 5.41) is 0. The van der Waals surface area contributed by atoms with Gasteiger partial charge in [0.05, 0.1) is 0 Å². The average Bonchev–Trinajstić information content (AvgIpc) is 2.59. The molecule has 0 radical (unpaired) electrons. The Bertz CT molecular complexity index is 436. The molecular weight excluding hydrogens is 250 g/mol. The quantitative estimate of drug-likeness (QED) is 0.611. The zero-order valence-electron chi connectivity index (χ0n) is 11.1. The Labute approximate surface area is 115 Å². The van der Waals surface area contributed by atoms with Crippen molar-refractivity contribution in [1.29, 1.82) is 0 Å². The predicted molar refractivity (Wildman–Crippen MR) is 74.5 cm³/mol. The molecule has 1 fully saturated rings. The van der Waals surface area contributed by atoms with Crippen LogP contribution in [0.4, 0.5) is 0 Å². The largest absolute Gasteiger partial charge is 0.427 e. The van der Waals surface area contributed by atoms with Crippen LogP contribution in [0.1, 0.15) is 25.8 Å². The molecule has 0 N–H and O–H groups in total. The number of esters is 1. The number of ether oxygens (including phenoxy) is 1. The Balaban J connectivity index is 0.00000162. The fourth-order valence-electron chi connectivity index (χ4n) is 2.53. The lowest BCUT2D eigenvalue weighted by Crippen LogP contribution is -2.26. The summed E-state index contributed by atoms with van der Waals surface area (Å²) in [5.41, 5.74) is 1.42. The summed E-state index contributed by atoms with van der Waals surface area (Å²) in [6.07, 6.45) is 1.15. The van der Waals surface area contributed by atoms with Crippen LogP contribution in [-0.4, -0.2) is 31.0 Å². The van der Waals surface area contributed by atoms with Crippen LogP contribution < -0.4 is 4.74 Å². The molecule has 1 aliphatic heterocycles. The van der Waals surface area contributed by atoms with Gasteiger partial charge in [-0.05, 0) is 37.7 Å². The van der Waals surface area contributed by atoms with Gasteiger partial charge < -0.3 is 9.64 Å². The lowest BCUT2D eigenvalue weighted by Gasteiger charge is -2.24. The molecule has 4 heteroatoms. The maximum Gasteiger partial charge on any atom is 0.308 e. The standard InChI is InChI=1S/C14H19NO2.ClH/c1-11(16)17-13-6-4-5-12(9-13)14(2)7-8-15(3)10-14;/h4-6,9H,7-8,10H2,1-3H3;1H. The van der Waals surface area contributed by atoms with Crippen molar-refractivity contribution in [2.24, 2.45) is 0 Å². The summed E-state index contributed by atoms with van der Waals surface area (Å²) in [6.45, 7) is 5.87. The maximum absolute atomic E-state index is 10.9. The minimum absolute atomic E-state index is 0. The van der Waals surface area contributed by atoms with Gasteiger partial charge in [0.25, 0.3) is 0 Å². The van der Waals surface area contributed by atoms with E-state index in [4.69, 9.17) is 4.74 Å². The Kier molecular flexibility index (Phi) is 4.77. The van der Waals surface area contributed by atoms with Crippen molar-refractivity contribution in [3.63, 3.8) is 0 Å². The summed E-state index contributed by atoms with van der Waals surface area (Å²) in [5.74, 6) is 0.377. The van der Waals surface area contributed by atoms with Gasteiger partial charge in [0, 0.05) is 18.9 Å². The number of carbonyl (C=O) groups is 1. The number of nitrogens with zero attached hydrogens (tertiary/aromatic N) is 1. The first-order valence-electron chi connectivity index (χ1n) is 5.97. The second-order valence-corrected chi connectivity index (χ2v) is 5.17. The van der Waals surface area contributed by atoms with Gasteiger partial charge in [-0.25, -0.2) is 0 Å². The summed E-state index contributed by atoms with van der Waals surface area (Å²) >= 11 is 0. The molecule has 0 aromatic heterocycles. The van der Waals surface area contributed by atoms with E-state index >= 15 is 0 Å². The number of likely N-dealkylation sites (tertiary alicyclic amines) is 1. The molecule has 0 aliphatic carbocycles. The third-order valence-electron chi connectivity index (χ3n) is 3.46. The number of hydrogen-bond acceptors (Lipinski definition) is 3. The van der Waals surface area contributed by atoms with Crippen molar-refractivity contribution in [3.05, 3.63) is 29.8 Å². The third-order valence-corrected chi connectivity index (χ3v) is 3.46. The van der Waals surface area contributed by atoms with Crippen LogP contribution in [0, 0.1) is 0 Å². The van der Waals surface area contributed by atoms with Gasteiger partial charge in [0.15, 0.2) is 0 Å². The molecule has 1 aromatic carbocycles. The second-order valence-electron chi connectivity index (χ2n) is 5.17. The number of hydrogen-bond donors (Lipinski definition) is 0. The van der Waals surface area contributed by atoms with Crippen molar-refractivity contribution in [2.45, 2.75) is 25.7 Å². The van der Waals surface area contributed by atoms with Crippen molar-refractivity contribution >= 4 is 18.4 Å². The smallest absolute Gasteiger partial charge is 0.308 e.